The minimum Gasteiger partial charge on any atom is -0.494 e. The highest BCUT2D eigenvalue weighted by Gasteiger charge is 2.34. The molecule has 0 bridgehead atoms. The van der Waals surface area contributed by atoms with Crippen molar-refractivity contribution < 1.29 is 4.74 Å². The predicted octanol–water partition coefficient (Wildman–Crippen LogP) is 8.62. The van der Waals surface area contributed by atoms with Crippen molar-refractivity contribution in [3.8, 4) is 5.75 Å². The second-order valence-electron chi connectivity index (χ2n) is 9.28. The molecule has 0 aliphatic heterocycles. The summed E-state index contributed by atoms with van der Waals surface area (Å²) >= 11 is 9.47. The molecule has 3 aromatic rings. The molecule has 1 heterocycles. The van der Waals surface area contributed by atoms with Gasteiger partial charge >= 0.3 is 0 Å². The summed E-state index contributed by atoms with van der Waals surface area (Å²) < 4.78 is 9.44. The molecule has 0 N–H and O–H groups in total. The van der Waals surface area contributed by atoms with Crippen LogP contribution in [-0.2, 0) is 0 Å². The van der Waals surface area contributed by atoms with Crippen molar-refractivity contribution in [2.24, 2.45) is 0 Å². The fourth-order valence-electron chi connectivity index (χ4n) is 5.58. The zero-order chi connectivity index (χ0) is 23.8. The predicted molar refractivity (Wildman–Crippen MR) is 148 cm³/mol. The maximum atomic E-state index is 6.06. The van der Waals surface area contributed by atoms with Gasteiger partial charge in [0.15, 0.2) is 0 Å². The van der Waals surface area contributed by atoms with E-state index in [0.717, 1.165) is 29.5 Å². The first-order valence-electron chi connectivity index (χ1n) is 12.3. The van der Waals surface area contributed by atoms with Gasteiger partial charge in [0.25, 0.3) is 0 Å². The SMILES string of the molecule is ClCCCOc1ccc2c(c1)C1C=CC3=C(n4cccc4)CCC=C3C1=CC2c1ccc(Br)cc1. The quantitative estimate of drug-likeness (QED) is 0.224. The third-order valence-electron chi connectivity index (χ3n) is 7.20. The molecule has 3 aliphatic rings. The van der Waals surface area contributed by atoms with Gasteiger partial charge in [0.1, 0.15) is 5.75 Å². The van der Waals surface area contributed by atoms with Crippen molar-refractivity contribution in [3.63, 3.8) is 0 Å². The molecule has 2 atom stereocenters. The number of aromatic nitrogens is 1. The Morgan fingerprint density at radius 1 is 1.00 bits per heavy atom. The van der Waals surface area contributed by atoms with Crippen LogP contribution in [-0.4, -0.2) is 17.1 Å². The topological polar surface area (TPSA) is 14.2 Å². The first-order chi connectivity index (χ1) is 17.2. The molecule has 0 amide bonds. The lowest BCUT2D eigenvalue weighted by atomic mass is 9.68. The molecule has 1 aromatic heterocycles. The number of allylic oxidation sites excluding steroid dienone is 8. The Kier molecular flexibility index (Phi) is 6.30. The molecule has 0 fully saturated rings. The van der Waals surface area contributed by atoms with E-state index in [9.17, 15) is 0 Å². The Hall–Kier alpha value is -2.75. The Bertz CT molecular complexity index is 1360. The van der Waals surface area contributed by atoms with Crippen LogP contribution in [0.1, 0.15) is 47.8 Å². The number of benzene rings is 2. The number of rotatable bonds is 6. The number of halogens is 2. The summed E-state index contributed by atoms with van der Waals surface area (Å²) in [4.78, 5) is 0. The summed E-state index contributed by atoms with van der Waals surface area (Å²) in [6.45, 7) is 0.639. The summed E-state index contributed by atoms with van der Waals surface area (Å²) in [5.41, 5.74) is 9.51. The Labute approximate surface area is 220 Å². The zero-order valence-corrected chi connectivity index (χ0v) is 21.8. The van der Waals surface area contributed by atoms with Gasteiger partial charge in [-0.05, 0) is 83.5 Å². The molecule has 0 saturated heterocycles. The molecule has 6 rings (SSSR count). The molecule has 0 radical (unpaired) electrons. The Balaban J connectivity index is 1.49. The third-order valence-corrected chi connectivity index (χ3v) is 7.99. The van der Waals surface area contributed by atoms with Gasteiger partial charge in [-0.25, -0.2) is 0 Å². The van der Waals surface area contributed by atoms with Gasteiger partial charge in [0.2, 0.25) is 0 Å². The number of hydrogen-bond acceptors (Lipinski definition) is 1. The van der Waals surface area contributed by atoms with Crippen LogP contribution in [0, 0.1) is 0 Å². The van der Waals surface area contributed by atoms with Crippen molar-refractivity contribution >= 4 is 33.2 Å². The summed E-state index contributed by atoms with van der Waals surface area (Å²) in [5, 5.41) is 0. The lowest BCUT2D eigenvalue weighted by Crippen LogP contribution is -2.20. The van der Waals surface area contributed by atoms with E-state index in [-0.39, 0.29) is 11.8 Å². The van der Waals surface area contributed by atoms with Crippen molar-refractivity contribution in [1.29, 1.82) is 0 Å². The van der Waals surface area contributed by atoms with E-state index in [1.807, 2.05) is 0 Å². The summed E-state index contributed by atoms with van der Waals surface area (Å²) in [5.74, 6) is 1.96. The van der Waals surface area contributed by atoms with Crippen molar-refractivity contribution in [3.05, 3.63) is 129 Å². The standard InChI is InChI=1S/C31H27BrClNO/c32-22-9-7-21(8-10-22)28-20-30-24-5-3-6-31(34-16-1-2-17-34)27(24)14-13-26(30)29-19-23(11-12-25(28)29)35-18-4-15-33/h1-2,5,7-14,16-17,19-20,26,28H,3-4,6,15,18H2. The summed E-state index contributed by atoms with van der Waals surface area (Å²) in [6.07, 6.45) is 16.9. The van der Waals surface area contributed by atoms with Crippen LogP contribution >= 0.6 is 27.5 Å². The lowest BCUT2D eigenvalue weighted by Gasteiger charge is -2.36. The molecule has 0 saturated carbocycles. The normalized spacial score (nSPS) is 20.5. The highest BCUT2D eigenvalue weighted by atomic mass is 79.9. The minimum absolute atomic E-state index is 0.201. The van der Waals surface area contributed by atoms with E-state index in [0.29, 0.717) is 12.5 Å². The maximum Gasteiger partial charge on any atom is 0.119 e. The Morgan fingerprint density at radius 2 is 1.83 bits per heavy atom. The summed E-state index contributed by atoms with van der Waals surface area (Å²) in [7, 11) is 0. The first-order valence-corrected chi connectivity index (χ1v) is 13.6. The average Bonchev–Trinajstić information content (AvgIpc) is 3.43. The van der Waals surface area contributed by atoms with E-state index in [2.05, 4.69) is 112 Å². The molecule has 176 valence electrons. The van der Waals surface area contributed by atoms with Crippen LogP contribution in [0.5, 0.6) is 5.75 Å². The van der Waals surface area contributed by atoms with Crippen molar-refractivity contribution in [2.45, 2.75) is 31.1 Å². The highest BCUT2D eigenvalue weighted by Crippen LogP contribution is 2.51. The molecule has 35 heavy (non-hydrogen) atoms. The number of fused-ring (bicyclic) bond motifs is 5. The molecule has 2 aromatic carbocycles. The largest absolute Gasteiger partial charge is 0.494 e. The molecule has 4 heteroatoms. The van der Waals surface area contributed by atoms with Crippen molar-refractivity contribution in [1.82, 2.24) is 4.57 Å². The van der Waals surface area contributed by atoms with Gasteiger partial charge in [-0.3, -0.25) is 0 Å². The number of nitrogens with zero attached hydrogens (tertiary/aromatic N) is 1. The van der Waals surface area contributed by atoms with Crippen LogP contribution in [0.2, 0.25) is 0 Å². The van der Waals surface area contributed by atoms with Gasteiger partial charge in [0.05, 0.1) is 6.61 Å². The fraction of sp³-hybridized carbons (Fsp3) is 0.226. The monoisotopic (exact) mass is 543 g/mol. The molecule has 2 nitrogen and oxygen atoms in total. The van der Waals surface area contributed by atoms with Crippen molar-refractivity contribution in [2.75, 3.05) is 12.5 Å². The van der Waals surface area contributed by atoms with E-state index >= 15 is 0 Å². The fourth-order valence-corrected chi connectivity index (χ4v) is 5.95. The van der Waals surface area contributed by atoms with Crippen LogP contribution in [0.3, 0.4) is 0 Å². The van der Waals surface area contributed by atoms with Crippen LogP contribution in [0.15, 0.2) is 112 Å². The smallest absolute Gasteiger partial charge is 0.119 e. The number of ether oxygens (including phenoxy) is 1. The van der Waals surface area contributed by atoms with E-state index in [4.69, 9.17) is 16.3 Å². The molecule has 3 aliphatic carbocycles. The van der Waals surface area contributed by atoms with E-state index in [1.54, 1.807) is 0 Å². The first kappa shape index (κ1) is 22.7. The zero-order valence-electron chi connectivity index (χ0n) is 19.5. The second kappa shape index (κ2) is 9.72. The van der Waals surface area contributed by atoms with Gasteiger partial charge in [-0.2, -0.15) is 0 Å². The second-order valence-corrected chi connectivity index (χ2v) is 10.6. The highest BCUT2D eigenvalue weighted by molar-refractivity contribution is 9.10. The minimum atomic E-state index is 0.201. The summed E-state index contributed by atoms with van der Waals surface area (Å²) in [6, 6.07) is 19.6. The third kappa shape index (κ3) is 4.26. The molecule has 2 unspecified atom stereocenters. The molecular weight excluding hydrogens is 518 g/mol. The molecule has 0 spiro atoms. The van der Waals surface area contributed by atoms with Gasteiger partial charge in [-0.15, -0.1) is 11.6 Å². The Morgan fingerprint density at radius 3 is 2.63 bits per heavy atom. The number of alkyl halides is 1. The average molecular weight is 545 g/mol. The maximum absolute atomic E-state index is 6.06. The van der Waals surface area contributed by atoms with Gasteiger partial charge in [0, 0.05) is 45.9 Å². The van der Waals surface area contributed by atoms with Gasteiger partial charge < -0.3 is 9.30 Å². The lowest BCUT2D eigenvalue weighted by molar-refractivity contribution is 0.318. The number of hydrogen-bond donors (Lipinski definition) is 0. The van der Waals surface area contributed by atoms with E-state index in [1.165, 1.54) is 39.1 Å². The van der Waals surface area contributed by atoms with Crippen LogP contribution in [0.4, 0.5) is 0 Å². The van der Waals surface area contributed by atoms with Gasteiger partial charge in [-0.1, -0.05) is 58.4 Å². The molecular formula is C31H27BrClNO. The van der Waals surface area contributed by atoms with E-state index < -0.39 is 0 Å². The van der Waals surface area contributed by atoms with Crippen LogP contribution in [0.25, 0.3) is 5.70 Å². The van der Waals surface area contributed by atoms with Crippen LogP contribution < -0.4 is 4.74 Å².